The predicted octanol–water partition coefficient (Wildman–Crippen LogP) is 1.16. The molecule has 6 atom stereocenters. The summed E-state index contributed by atoms with van der Waals surface area (Å²) in [5.41, 5.74) is 5.71. The lowest BCUT2D eigenvalue weighted by atomic mass is 9.46. The highest BCUT2D eigenvalue weighted by molar-refractivity contribution is 5.84. The molecule has 0 spiro atoms. The molecule has 5 heteroatoms. The molecule has 3 N–H and O–H groups in total. The zero-order valence-corrected chi connectivity index (χ0v) is 13.4. The second-order valence-corrected chi connectivity index (χ2v) is 9.21. The summed E-state index contributed by atoms with van der Waals surface area (Å²) in [5.74, 6) is 1.56. The molecular formula is C18H25N3O2. The Balaban J connectivity index is 1.43. The van der Waals surface area contributed by atoms with Gasteiger partial charge in [-0.05, 0) is 74.5 Å². The van der Waals surface area contributed by atoms with Gasteiger partial charge in [0, 0.05) is 6.04 Å². The van der Waals surface area contributed by atoms with E-state index in [2.05, 4.69) is 6.07 Å². The van der Waals surface area contributed by atoms with Gasteiger partial charge in [-0.2, -0.15) is 5.26 Å². The third-order valence-corrected chi connectivity index (χ3v) is 7.51. The average Bonchev–Trinajstić information content (AvgIpc) is 3.14. The number of nitrogens with two attached hydrogens (primary N) is 1. The molecule has 5 aliphatic carbocycles. The minimum Gasteiger partial charge on any atom is -0.390 e. The van der Waals surface area contributed by atoms with Gasteiger partial charge in [-0.3, -0.25) is 4.79 Å². The zero-order chi connectivity index (χ0) is 16.0. The minimum atomic E-state index is -0.594. The maximum absolute atomic E-state index is 13.1. The van der Waals surface area contributed by atoms with E-state index in [9.17, 15) is 15.2 Å². The number of carbonyl (C=O) groups excluding carboxylic acids is 1. The highest BCUT2D eigenvalue weighted by atomic mass is 16.3. The third-order valence-electron chi connectivity index (χ3n) is 7.51. The summed E-state index contributed by atoms with van der Waals surface area (Å²) in [6.07, 6.45) is 7.48. The summed E-state index contributed by atoms with van der Waals surface area (Å²) in [6.45, 7) is 0. The highest BCUT2D eigenvalue weighted by Gasteiger charge is 2.62. The van der Waals surface area contributed by atoms with Gasteiger partial charge in [0.2, 0.25) is 5.91 Å². The number of rotatable bonds is 2. The van der Waals surface area contributed by atoms with Gasteiger partial charge in [0.15, 0.2) is 0 Å². The van der Waals surface area contributed by atoms with Crippen LogP contribution in [-0.2, 0) is 4.79 Å². The lowest BCUT2D eigenvalue weighted by molar-refractivity contribution is -0.177. The van der Waals surface area contributed by atoms with E-state index in [0.29, 0.717) is 24.2 Å². The van der Waals surface area contributed by atoms with Gasteiger partial charge in [-0.25, -0.2) is 0 Å². The van der Waals surface area contributed by atoms with Crippen LogP contribution in [0, 0.1) is 34.5 Å². The summed E-state index contributed by atoms with van der Waals surface area (Å²) in [7, 11) is 0. The Morgan fingerprint density at radius 2 is 1.91 bits per heavy atom. The first-order chi connectivity index (χ1) is 10.9. The van der Waals surface area contributed by atoms with E-state index < -0.39 is 11.6 Å². The Morgan fingerprint density at radius 1 is 1.22 bits per heavy atom. The fourth-order valence-corrected chi connectivity index (χ4v) is 6.96. The maximum atomic E-state index is 13.1. The molecular weight excluding hydrogens is 290 g/mol. The molecule has 0 aromatic heterocycles. The molecule has 6 fully saturated rings. The van der Waals surface area contributed by atoms with Crippen LogP contribution in [0.4, 0.5) is 0 Å². The number of nitriles is 1. The van der Waals surface area contributed by atoms with Gasteiger partial charge in [0.1, 0.15) is 6.04 Å². The SMILES string of the molecule is N#CC1C[C@@H]2CC2N1C(=O)[C@@H](N)C12CC3CC(CC(O)(C3)C1)C2. The Kier molecular flexibility index (Phi) is 2.65. The molecule has 6 aliphatic rings. The highest BCUT2D eigenvalue weighted by Crippen LogP contribution is 2.63. The largest absolute Gasteiger partial charge is 0.390 e. The predicted molar refractivity (Wildman–Crippen MR) is 82.8 cm³/mol. The molecule has 5 nitrogen and oxygen atoms in total. The number of fused-ring (bicyclic) bond motifs is 1. The van der Waals surface area contributed by atoms with E-state index in [-0.39, 0.29) is 23.4 Å². The summed E-state index contributed by atoms with van der Waals surface area (Å²) in [4.78, 5) is 14.9. The number of hydrogen-bond acceptors (Lipinski definition) is 4. The van der Waals surface area contributed by atoms with Crippen LogP contribution in [0.1, 0.15) is 51.4 Å². The van der Waals surface area contributed by atoms with E-state index in [0.717, 1.165) is 38.5 Å². The number of nitrogens with zero attached hydrogens (tertiary/aromatic N) is 2. The summed E-state index contributed by atoms with van der Waals surface area (Å²) in [6, 6.07) is 1.72. The lowest BCUT2D eigenvalue weighted by Gasteiger charge is -2.61. The first-order valence-corrected chi connectivity index (χ1v) is 9.13. The van der Waals surface area contributed by atoms with Crippen LogP contribution in [0.5, 0.6) is 0 Å². The number of likely N-dealkylation sites (tertiary alicyclic amines) is 1. The Morgan fingerprint density at radius 3 is 2.52 bits per heavy atom. The molecule has 4 unspecified atom stereocenters. The van der Waals surface area contributed by atoms with Crippen molar-refractivity contribution in [1.29, 1.82) is 5.26 Å². The van der Waals surface area contributed by atoms with E-state index in [1.165, 1.54) is 6.42 Å². The van der Waals surface area contributed by atoms with E-state index in [4.69, 9.17) is 5.73 Å². The van der Waals surface area contributed by atoms with Gasteiger partial charge in [-0.15, -0.1) is 0 Å². The minimum absolute atomic E-state index is 0.0212. The van der Waals surface area contributed by atoms with Crippen LogP contribution in [0.3, 0.4) is 0 Å². The van der Waals surface area contributed by atoms with Crippen LogP contribution >= 0.6 is 0 Å². The van der Waals surface area contributed by atoms with Crippen molar-refractivity contribution in [3.05, 3.63) is 0 Å². The molecule has 5 saturated carbocycles. The first kappa shape index (κ1) is 14.2. The number of aliphatic hydroxyl groups is 1. The van der Waals surface area contributed by atoms with E-state index in [1.807, 2.05) is 0 Å². The smallest absolute Gasteiger partial charge is 0.241 e. The maximum Gasteiger partial charge on any atom is 0.241 e. The van der Waals surface area contributed by atoms with Crippen molar-refractivity contribution in [3.8, 4) is 6.07 Å². The lowest BCUT2D eigenvalue weighted by Crippen LogP contribution is -2.64. The molecule has 0 radical (unpaired) electrons. The zero-order valence-electron chi connectivity index (χ0n) is 13.4. The summed E-state index contributed by atoms with van der Waals surface area (Å²) < 4.78 is 0. The molecule has 23 heavy (non-hydrogen) atoms. The van der Waals surface area contributed by atoms with Crippen molar-refractivity contribution >= 4 is 5.91 Å². The number of piperidine rings is 1. The van der Waals surface area contributed by atoms with Crippen molar-refractivity contribution in [3.63, 3.8) is 0 Å². The quantitative estimate of drug-likeness (QED) is 0.800. The van der Waals surface area contributed by atoms with Gasteiger partial charge in [-0.1, -0.05) is 0 Å². The van der Waals surface area contributed by atoms with Crippen LogP contribution in [0.25, 0.3) is 0 Å². The van der Waals surface area contributed by atoms with Gasteiger partial charge < -0.3 is 15.7 Å². The second kappa shape index (κ2) is 4.29. The standard InChI is InChI=1S/C18H25N3O2/c19-8-13-2-12-3-14(12)21(13)16(22)15(20)17-4-10-1-11(5-17)7-18(23,6-10)9-17/h10-15,23H,1-7,9,20H2/t10?,11?,12-,13?,14?,15-,17?,18?/m1/s1. The van der Waals surface area contributed by atoms with Crippen molar-refractivity contribution in [2.24, 2.45) is 28.9 Å². The summed E-state index contributed by atoms with van der Waals surface area (Å²) in [5, 5.41) is 20.2. The monoisotopic (exact) mass is 315 g/mol. The molecule has 0 aromatic rings. The van der Waals surface area contributed by atoms with Gasteiger partial charge in [0.25, 0.3) is 0 Å². The van der Waals surface area contributed by atoms with Crippen molar-refractivity contribution in [2.75, 3.05) is 0 Å². The number of carbonyl (C=O) groups is 1. The van der Waals surface area contributed by atoms with E-state index in [1.54, 1.807) is 4.90 Å². The molecule has 1 heterocycles. The van der Waals surface area contributed by atoms with Crippen LogP contribution in [0.15, 0.2) is 0 Å². The van der Waals surface area contributed by atoms with Crippen molar-refractivity contribution < 1.29 is 9.90 Å². The molecule has 1 saturated heterocycles. The molecule has 1 amide bonds. The fourth-order valence-electron chi connectivity index (χ4n) is 6.96. The Hall–Kier alpha value is -1.12. The fraction of sp³-hybridized carbons (Fsp3) is 0.889. The molecule has 1 aliphatic heterocycles. The molecule has 6 rings (SSSR count). The first-order valence-electron chi connectivity index (χ1n) is 9.13. The third kappa shape index (κ3) is 1.88. The van der Waals surface area contributed by atoms with E-state index >= 15 is 0 Å². The molecule has 0 aromatic carbocycles. The molecule has 124 valence electrons. The number of amides is 1. The van der Waals surface area contributed by atoms with Crippen molar-refractivity contribution in [2.45, 2.75) is 75.1 Å². The van der Waals surface area contributed by atoms with Crippen LogP contribution in [-0.4, -0.2) is 39.6 Å². The normalized spacial score (nSPS) is 53.8. The Bertz CT molecular complexity index is 598. The number of hydrogen-bond donors (Lipinski definition) is 2. The van der Waals surface area contributed by atoms with Gasteiger partial charge >= 0.3 is 0 Å². The average molecular weight is 315 g/mol. The summed E-state index contributed by atoms with van der Waals surface area (Å²) >= 11 is 0. The topological polar surface area (TPSA) is 90.4 Å². The van der Waals surface area contributed by atoms with Crippen LogP contribution in [0.2, 0.25) is 0 Å². The van der Waals surface area contributed by atoms with Crippen LogP contribution < -0.4 is 5.73 Å². The van der Waals surface area contributed by atoms with Gasteiger partial charge in [0.05, 0.1) is 17.7 Å². The second-order valence-electron chi connectivity index (χ2n) is 9.21. The Labute approximate surface area is 136 Å². The van der Waals surface area contributed by atoms with Crippen molar-refractivity contribution in [1.82, 2.24) is 4.90 Å². The molecule has 4 bridgehead atoms.